The van der Waals surface area contributed by atoms with Crippen molar-refractivity contribution in [1.29, 1.82) is 0 Å². The first-order valence-electron chi connectivity index (χ1n) is 12.5. The third kappa shape index (κ3) is 4.40. The van der Waals surface area contributed by atoms with Crippen LogP contribution in [-0.2, 0) is 14.3 Å². The van der Waals surface area contributed by atoms with Gasteiger partial charge in [-0.2, -0.15) is 0 Å². The Morgan fingerprint density at radius 2 is 1.71 bits per heavy atom. The standard InChI is InChI=1S/C28H32N2O5/c1-28(26(32)33)13-14-30(17-28)25(31)19-12-6-7-18(19)15-29-27(34)35-16-24-22-10-4-2-8-20(22)21-9-3-5-11-23(21)24/h2-5,8-11,18-19,24H,6-7,12-17H2,1H3,(H,29,34)(H,32,33)/t18-,19-,28?/m1/s1. The van der Waals surface area contributed by atoms with Crippen molar-refractivity contribution in [3.63, 3.8) is 0 Å². The predicted molar refractivity (Wildman–Crippen MR) is 131 cm³/mol. The van der Waals surface area contributed by atoms with Gasteiger partial charge in [0.15, 0.2) is 0 Å². The molecular weight excluding hydrogens is 444 g/mol. The number of amides is 2. The Balaban J connectivity index is 1.15. The van der Waals surface area contributed by atoms with Crippen molar-refractivity contribution in [1.82, 2.24) is 10.2 Å². The number of hydrogen-bond donors (Lipinski definition) is 2. The van der Waals surface area contributed by atoms with Crippen LogP contribution in [0, 0.1) is 17.3 Å². The van der Waals surface area contributed by atoms with Gasteiger partial charge in [0.2, 0.25) is 5.91 Å². The number of hydrogen-bond acceptors (Lipinski definition) is 4. The molecule has 2 N–H and O–H groups in total. The van der Waals surface area contributed by atoms with E-state index in [0.717, 1.165) is 19.3 Å². The van der Waals surface area contributed by atoms with E-state index in [1.807, 2.05) is 24.3 Å². The van der Waals surface area contributed by atoms with Gasteiger partial charge in [0.25, 0.3) is 0 Å². The number of nitrogens with zero attached hydrogens (tertiary/aromatic N) is 1. The second-order valence-electron chi connectivity index (χ2n) is 10.4. The van der Waals surface area contributed by atoms with Crippen LogP contribution in [0.25, 0.3) is 11.1 Å². The smallest absolute Gasteiger partial charge is 0.407 e. The Bertz CT molecular complexity index is 1100. The largest absolute Gasteiger partial charge is 0.481 e. The lowest BCUT2D eigenvalue weighted by Crippen LogP contribution is -2.41. The van der Waals surface area contributed by atoms with Crippen LogP contribution in [0.15, 0.2) is 48.5 Å². The molecule has 2 fully saturated rings. The lowest BCUT2D eigenvalue weighted by Gasteiger charge is -2.26. The molecule has 1 heterocycles. The van der Waals surface area contributed by atoms with Crippen molar-refractivity contribution in [3.8, 4) is 11.1 Å². The number of aliphatic carboxylic acids is 1. The molecule has 0 bridgehead atoms. The molecule has 2 aromatic rings. The van der Waals surface area contributed by atoms with Crippen LogP contribution in [0.5, 0.6) is 0 Å². The molecule has 1 aliphatic heterocycles. The fourth-order valence-electron chi connectivity index (χ4n) is 6.03. The van der Waals surface area contributed by atoms with Crippen LogP contribution in [0.4, 0.5) is 4.79 Å². The summed E-state index contributed by atoms with van der Waals surface area (Å²) >= 11 is 0. The summed E-state index contributed by atoms with van der Waals surface area (Å²) in [6.07, 6.45) is 2.57. The lowest BCUT2D eigenvalue weighted by atomic mass is 9.90. The quantitative estimate of drug-likeness (QED) is 0.649. The van der Waals surface area contributed by atoms with Crippen LogP contribution in [-0.4, -0.2) is 54.2 Å². The zero-order chi connectivity index (χ0) is 24.6. The van der Waals surface area contributed by atoms with Crippen LogP contribution in [0.2, 0.25) is 0 Å². The van der Waals surface area contributed by atoms with Gasteiger partial charge in [0.05, 0.1) is 5.41 Å². The molecular formula is C28H32N2O5. The first-order valence-corrected chi connectivity index (χ1v) is 12.5. The normalized spacial score (nSPS) is 25.2. The van der Waals surface area contributed by atoms with Crippen LogP contribution < -0.4 is 5.32 Å². The second kappa shape index (κ2) is 9.36. The minimum atomic E-state index is -0.872. The van der Waals surface area contributed by atoms with Crippen LogP contribution >= 0.6 is 0 Å². The molecule has 1 unspecified atom stereocenters. The third-order valence-corrected chi connectivity index (χ3v) is 8.13. The van der Waals surface area contributed by atoms with Crippen molar-refractivity contribution in [2.24, 2.45) is 17.3 Å². The van der Waals surface area contributed by atoms with Gasteiger partial charge >= 0.3 is 12.1 Å². The maximum atomic E-state index is 13.1. The summed E-state index contributed by atoms with van der Waals surface area (Å²) in [5, 5.41) is 12.4. The van der Waals surface area contributed by atoms with Crippen molar-refractivity contribution in [3.05, 3.63) is 59.7 Å². The van der Waals surface area contributed by atoms with Gasteiger partial charge in [-0.05, 0) is 54.4 Å². The number of carboxylic acid groups (broad SMARTS) is 1. The topological polar surface area (TPSA) is 95.9 Å². The van der Waals surface area contributed by atoms with E-state index < -0.39 is 17.5 Å². The van der Waals surface area contributed by atoms with Gasteiger partial charge in [0.1, 0.15) is 6.61 Å². The summed E-state index contributed by atoms with van der Waals surface area (Å²) in [6.45, 7) is 3.08. The van der Waals surface area contributed by atoms with Gasteiger partial charge in [-0.3, -0.25) is 9.59 Å². The van der Waals surface area contributed by atoms with Gasteiger partial charge in [0, 0.05) is 31.5 Å². The molecule has 184 valence electrons. The molecule has 0 aromatic heterocycles. The molecule has 2 aromatic carbocycles. The summed E-state index contributed by atoms with van der Waals surface area (Å²) < 4.78 is 5.64. The molecule has 5 rings (SSSR count). The SMILES string of the molecule is CC1(C(=O)O)CCN(C(=O)[C@@H]2CCC[C@@H]2CNC(=O)OCC2c3ccccc3-c3ccccc32)C1. The van der Waals surface area contributed by atoms with Crippen molar-refractivity contribution >= 4 is 18.0 Å². The van der Waals surface area contributed by atoms with Crippen molar-refractivity contribution in [2.75, 3.05) is 26.2 Å². The first-order chi connectivity index (χ1) is 16.9. The van der Waals surface area contributed by atoms with Crippen LogP contribution in [0.1, 0.15) is 49.7 Å². The van der Waals surface area contributed by atoms with Gasteiger partial charge < -0.3 is 20.1 Å². The van der Waals surface area contributed by atoms with Gasteiger partial charge in [-0.15, -0.1) is 0 Å². The lowest BCUT2D eigenvalue weighted by molar-refractivity contribution is -0.147. The zero-order valence-corrected chi connectivity index (χ0v) is 20.0. The predicted octanol–water partition coefficient (Wildman–Crippen LogP) is 4.26. The molecule has 0 radical (unpaired) electrons. The highest BCUT2D eigenvalue weighted by Gasteiger charge is 2.45. The highest BCUT2D eigenvalue weighted by atomic mass is 16.5. The van der Waals surface area contributed by atoms with E-state index in [9.17, 15) is 19.5 Å². The van der Waals surface area contributed by atoms with E-state index in [4.69, 9.17) is 4.74 Å². The minimum Gasteiger partial charge on any atom is -0.481 e. The highest BCUT2D eigenvalue weighted by Crippen LogP contribution is 2.44. The van der Waals surface area contributed by atoms with E-state index in [2.05, 4.69) is 29.6 Å². The number of likely N-dealkylation sites (tertiary alicyclic amines) is 1. The maximum absolute atomic E-state index is 13.1. The monoisotopic (exact) mass is 476 g/mol. The highest BCUT2D eigenvalue weighted by molar-refractivity contribution is 5.82. The van der Waals surface area contributed by atoms with E-state index in [-0.39, 0.29) is 36.8 Å². The average Bonchev–Trinajstić information content (AvgIpc) is 3.57. The molecule has 3 atom stereocenters. The molecule has 2 amide bonds. The van der Waals surface area contributed by atoms with E-state index in [1.54, 1.807) is 11.8 Å². The molecule has 1 saturated heterocycles. The Morgan fingerprint density at radius 3 is 2.34 bits per heavy atom. The molecule has 35 heavy (non-hydrogen) atoms. The number of alkyl carbamates (subject to hydrolysis) is 1. The number of carbonyl (C=O) groups is 3. The summed E-state index contributed by atoms with van der Waals surface area (Å²) in [5.41, 5.74) is 3.84. The minimum absolute atomic E-state index is 0.00710. The number of fused-ring (bicyclic) bond motifs is 3. The summed E-state index contributed by atoms with van der Waals surface area (Å²) in [5.74, 6) is -0.966. The Kier molecular flexibility index (Phi) is 6.26. The van der Waals surface area contributed by atoms with E-state index >= 15 is 0 Å². The van der Waals surface area contributed by atoms with Crippen molar-refractivity contribution in [2.45, 2.75) is 38.5 Å². The zero-order valence-electron chi connectivity index (χ0n) is 20.0. The van der Waals surface area contributed by atoms with Crippen molar-refractivity contribution < 1.29 is 24.2 Å². The molecule has 2 aliphatic carbocycles. The third-order valence-electron chi connectivity index (χ3n) is 8.13. The molecule has 7 heteroatoms. The fraction of sp³-hybridized carbons (Fsp3) is 0.464. The second-order valence-corrected chi connectivity index (χ2v) is 10.4. The van der Waals surface area contributed by atoms with Crippen LogP contribution in [0.3, 0.4) is 0 Å². The van der Waals surface area contributed by atoms with E-state index in [1.165, 1.54) is 22.3 Å². The summed E-state index contributed by atoms with van der Waals surface area (Å²) in [6, 6.07) is 16.4. The number of nitrogens with one attached hydrogen (secondary N) is 1. The van der Waals surface area contributed by atoms with Gasteiger partial charge in [-0.1, -0.05) is 55.0 Å². The Labute approximate surface area is 205 Å². The van der Waals surface area contributed by atoms with E-state index in [0.29, 0.717) is 19.5 Å². The first kappa shape index (κ1) is 23.4. The number of carbonyl (C=O) groups excluding carboxylic acids is 2. The summed E-state index contributed by atoms with van der Waals surface area (Å²) in [7, 11) is 0. The maximum Gasteiger partial charge on any atom is 0.407 e. The molecule has 3 aliphatic rings. The summed E-state index contributed by atoms with van der Waals surface area (Å²) in [4.78, 5) is 39.0. The van der Waals surface area contributed by atoms with Gasteiger partial charge in [-0.25, -0.2) is 4.79 Å². The Hall–Kier alpha value is -3.35. The average molecular weight is 477 g/mol. The number of carboxylic acids is 1. The fourth-order valence-corrected chi connectivity index (χ4v) is 6.03. The number of ether oxygens (including phenoxy) is 1. The molecule has 1 saturated carbocycles. The number of benzene rings is 2. The number of rotatable bonds is 6. The Morgan fingerprint density at radius 1 is 1.06 bits per heavy atom. The molecule has 0 spiro atoms. The molecule has 7 nitrogen and oxygen atoms in total.